The summed E-state index contributed by atoms with van der Waals surface area (Å²) in [6, 6.07) is 0. The van der Waals surface area contributed by atoms with Gasteiger partial charge in [-0.1, -0.05) is 26.0 Å². The molecule has 0 aromatic heterocycles. The van der Waals surface area contributed by atoms with Crippen LogP contribution in [0.2, 0.25) is 0 Å². The van der Waals surface area contributed by atoms with Gasteiger partial charge in [-0.25, -0.2) is 0 Å². The molecule has 1 aromatic carbocycles. The molecule has 1 aromatic rings. The Kier molecular flexibility index (Phi) is 10.8. The molecular weight excluding hydrogens is 706 g/mol. The Morgan fingerprint density at radius 2 is 1.52 bits per heavy atom. The third kappa shape index (κ3) is 6.86. The number of phenols is 1. The summed E-state index contributed by atoms with van der Waals surface area (Å²) in [7, 11) is 0. The number of Topliss-reactive ketones (excluding diaryl/α,β-unsaturated/α-hetero) is 1. The van der Waals surface area contributed by atoms with Gasteiger partial charge in [-0.2, -0.15) is 0 Å². The van der Waals surface area contributed by atoms with Crippen LogP contribution in [-0.2, 0) is 28.6 Å². The SMILES string of the molecule is CC(=O)Oc1c(C)c2c(O)c3c1C1=C(OCOC1=C(C)C3=O)/C(C)=C\[C@@](C)(O)[C@H](O)[C@@H](C)[C@@H](O)[C@@H]1C(=O)O[C@@H]([C@@H](C)[C@H]1O)[C@@](C)(O)/C=C\C=C(\C)C(=O)N2. The normalized spacial score (nSPS) is 35.9. The smallest absolute Gasteiger partial charge is 0.314 e. The van der Waals surface area contributed by atoms with Crippen molar-refractivity contribution in [1.82, 2.24) is 0 Å². The first kappa shape index (κ1) is 40.4. The standard InChI is InChI=1S/C39H47NO14/c1-15-11-10-12-38(8,49)35-20(6)29(44)25(37(48)54-35)28(43)19(5)34(46)39(9,50)13-16(2)31-24-22-23(27(42)18(4)32(24)52-14-51-31)30(45)26(40-36(15)47)17(3)33(22)53-21(7)41/h10-13,19-20,25,28-29,34-35,43-46,49-50H,14H2,1-9H3,(H,40,47)/b12-10-,15-11-,16-13-/t19-,20-,25-,28+,29+,34+,35-,38-,39+/m0/s1. The van der Waals surface area contributed by atoms with E-state index in [-0.39, 0.29) is 61.9 Å². The third-order valence-electron chi connectivity index (χ3n) is 10.7. The van der Waals surface area contributed by atoms with Gasteiger partial charge < -0.3 is 54.9 Å². The van der Waals surface area contributed by atoms with E-state index in [9.17, 15) is 49.8 Å². The second-order valence-electron chi connectivity index (χ2n) is 14.9. The van der Waals surface area contributed by atoms with Gasteiger partial charge in [-0.05, 0) is 59.3 Å². The number of aliphatic hydroxyl groups excluding tert-OH is 3. The molecule has 6 bridgehead atoms. The highest BCUT2D eigenvalue weighted by Gasteiger charge is 2.53. The van der Waals surface area contributed by atoms with Gasteiger partial charge in [-0.15, -0.1) is 0 Å². The molecule has 8 rings (SSSR count). The molecule has 1 amide bonds. The van der Waals surface area contributed by atoms with Crippen molar-refractivity contribution in [1.29, 1.82) is 0 Å². The van der Waals surface area contributed by atoms with Crippen LogP contribution in [0.15, 0.2) is 52.5 Å². The average Bonchev–Trinajstić information content (AvgIpc) is 3.09. The van der Waals surface area contributed by atoms with Crippen molar-refractivity contribution in [2.75, 3.05) is 12.1 Å². The van der Waals surface area contributed by atoms with Gasteiger partial charge in [0.1, 0.15) is 40.5 Å². The number of aliphatic hydroxyl groups is 5. The lowest BCUT2D eigenvalue weighted by molar-refractivity contribution is -0.211. The average molecular weight is 754 g/mol. The molecule has 7 aliphatic rings. The lowest BCUT2D eigenvalue weighted by Gasteiger charge is -2.45. The molecule has 0 spiro atoms. The molecule has 6 aliphatic heterocycles. The molecule has 0 radical (unpaired) electrons. The number of allylic oxidation sites excluding steroid dienone is 5. The fourth-order valence-corrected chi connectivity index (χ4v) is 7.59. The molecule has 0 saturated carbocycles. The van der Waals surface area contributed by atoms with Crippen LogP contribution in [0.3, 0.4) is 0 Å². The van der Waals surface area contributed by atoms with E-state index >= 15 is 0 Å². The number of nitrogens with one attached hydrogen (secondary N) is 1. The summed E-state index contributed by atoms with van der Waals surface area (Å²) in [6.45, 7) is 12.1. The van der Waals surface area contributed by atoms with E-state index in [1.807, 2.05) is 0 Å². The molecule has 54 heavy (non-hydrogen) atoms. The summed E-state index contributed by atoms with van der Waals surface area (Å²) in [5, 5.41) is 71.6. The fourth-order valence-electron chi connectivity index (χ4n) is 7.59. The fraction of sp³-hybridized carbons (Fsp3) is 0.487. The van der Waals surface area contributed by atoms with Crippen LogP contribution in [0.25, 0.3) is 5.57 Å². The zero-order valence-electron chi connectivity index (χ0n) is 31.5. The van der Waals surface area contributed by atoms with Crippen molar-refractivity contribution >= 4 is 34.9 Å². The van der Waals surface area contributed by atoms with Gasteiger partial charge in [-0.3, -0.25) is 19.2 Å². The van der Waals surface area contributed by atoms with Crippen molar-refractivity contribution in [3.8, 4) is 11.5 Å². The van der Waals surface area contributed by atoms with Gasteiger partial charge in [0.15, 0.2) is 11.5 Å². The number of ketones is 1. The highest BCUT2D eigenvalue weighted by Crippen LogP contribution is 2.53. The van der Waals surface area contributed by atoms with Gasteiger partial charge in [0.25, 0.3) is 5.91 Å². The number of ether oxygens (including phenoxy) is 4. The van der Waals surface area contributed by atoms with Crippen LogP contribution in [0.5, 0.6) is 11.5 Å². The molecule has 0 unspecified atom stereocenters. The Balaban J connectivity index is 1.80. The number of carbonyl (C=O) groups is 4. The first-order valence-electron chi connectivity index (χ1n) is 17.4. The van der Waals surface area contributed by atoms with Crippen molar-refractivity contribution < 1.29 is 68.8 Å². The van der Waals surface area contributed by atoms with Gasteiger partial charge >= 0.3 is 11.9 Å². The van der Waals surface area contributed by atoms with E-state index in [0.29, 0.717) is 0 Å². The number of carbonyl (C=O) groups excluding carboxylic acids is 4. The number of hydrogen-bond acceptors (Lipinski definition) is 14. The quantitative estimate of drug-likeness (QED) is 0.124. The largest absolute Gasteiger partial charge is 0.505 e. The Bertz CT molecular complexity index is 1960. The molecule has 9 atom stereocenters. The Morgan fingerprint density at radius 1 is 0.907 bits per heavy atom. The number of amides is 1. The van der Waals surface area contributed by atoms with Crippen LogP contribution in [0, 0.1) is 24.7 Å². The monoisotopic (exact) mass is 753 g/mol. The summed E-state index contributed by atoms with van der Waals surface area (Å²) in [6.07, 6.45) is -1.21. The molecular formula is C39H47NO14. The van der Waals surface area contributed by atoms with E-state index in [2.05, 4.69) is 5.32 Å². The first-order chi connectivity index (χ1) is 25.0. The van der Waals surface area contributed by atoms with Crippen LogP contribution >= 0.6 is 0 Å². The minimum atomic E-state index is -2.15. The second-order valence-corrected chi connectivity index (χ2v) is 14.9. The maximum absolute atomic E-state index is 13.9. The van der Waals surface area contributed by atoms with Crippen LogP contribution in [0.1, 0.15) is 76.9 Å². The summed E-state index contributed by atoms with van der Waals surface area (Å²) in [4.78, 5) is 53.3. The minimum absolute atomic E-state index is 0.0103. The molecule has 15 nitrogen and oxygen atoms in total. The topological polar surface area (TPSA) is 239 Å². The maximum atomic E-state index is 13.9. The number of hydrogen-bond donors (Lipinski definition) is 7. The third-order valence-corrected chi connectivity index (χ3v) is 10.7. The maximum Gasteiger partial charge on any atom is 0.314 e. The summed E-state index contributed by atoms with van der Waals surface area (Å²) in [5.41, 5.74) is -4.31. The number of aromatic hydroxyl groups is 1. The summed E-state index contributed by atoms with van der Waals surface area (Å²) < 4.78 is 22.9. The van der Waals surface area contributed by atoms with E-state index in [1.54, 1.807) is 0 Å². The van der Waals surface area contributed by atoms with Crippen LogP contribution < -0.4 is 10.1 Å². The summed E-state index contributed by atoms with van der Waals surface area (Å²) >= 11 is 0. The number of phenolic OH excluding ortho intramolecular Hbond substituents is 1. The molecule has 7 N–H and O–H groups in total. The Labute approximate surface area is 311 Å². The number of esters is 2. The van der Waals surface area contributed by atoms with Crippen molar-refractivity contribution in [2.45, 2.75) is 97.9 Å². The molecule has 15 heteroatoms. The molecule has 1 saturated heterocycles. The van der Waals surface area contributed by atoms with Crippen LogP contribution in [0.4, 0.5) is 5.69 Å². The minimum Gasteiger partial charge on any atom is -0.505 e. The second kappa shape index (κ2) is 14.5. The van der Waals surface area contributed by atoms with Gasteiger partial charge in [0.05, 0.1) is 35.1 Å². The zero-order valence-corrected chi connectivity index (χ0v) is 31.5. The van der Waals surface area contributed by atoms with E-state index in [4.69, 9.17) is 18.9 Å². The number of anilines is 1. The van der Waals surface area contributed by atoms with Crippen molar-refractivity contribution in [2.24, 2.45) is 17.8 Å². The Morgan fingerprint density at radius 3 is 2.15 bits per heavy atom. The van der Waals surface area contributed by atoms with Crippen LogP contribution in [-0.4, -0.2) is 96.7 Å². The number of rotatable bonds is 1. The van der Waals surface area contributed by atoms with Crippen molar-refractivity contribution in [3.05, 3.63) is 69.2 Å². The lowest BCUT2D eigenvalue weighted by atomic mass is 9.73. The highest BCUT2D eigenvalue weighted by atomic mass is 16.7. The number of benzene rings is 1. The summed E-state index contributed by atoms with van der Waals surface area (Å²) in [5.74, 6) is -7.85. The molecule has 292 valence electrons. The predicted octanol–water partition coefficient (Wildman–Crippen LogP) is 2.61. The van der Waals surface area contributed by atoms with Gasteiger partial charge in [0.2, 0.25) is 6.79 Å². The molecule has 1 fully saturated rings. The lowest BCUT2D eigenvalue weighted by Crippen LogP contribution is -2.60. The predicted molar refractivity (Wildman–Crippen MR) is 191 cm³/mol. The molecule has 6 heterocycles. The van der Waals surface area contributed by atoms with Crippen molar-refractivity contribution in [3.63, 3.8) is 0 Å². The zero-order chi connectivity index (χ0) is 40.4. The highest BCUT2D eigenvalue weighted by molar-refractivity contribution is 6.21. The van der Waals surface area contributed by atoms with E-state index < -0.39 is 89.5 Å². The molecule has 1 aliphatic carbocycles. The first-order valence-corrected chi connectivity index (χ1v) is 17.4. The Hall–Kier alpha value is -4.80. The van der Waals surface area contributed by atoms with E-state index in [0.717, 1.165) is 6.92 Å². The van der Waals surface area contributed by atoms with E-state index in [1.165, 1.54) is 79.7 Å². The van der Waals surface area contributed by atoms with Gasteiger partial charge in [0, 0.05) is 41.0 Å².